The molecule has 0 radical (unpaired) electrons. The van der Waals surface area contributed by atoms with Crippen molar-refractivity contribution >= 4 is 5.78 Å². The Morgan fingerprint density at radius 2 is 1.91 bits per heavy atom. The van der Waals surface area contributed by atoms with Crippen LogP contribution in [0.2, 0.25) is 0 Å². The molecule has 178 valence electrons. The molecule has 0 saturated heterocycles. The highest BCUT2D eigenvalue weighted by molar-refractivity contribution is 6.02. The number of hydrogen-bond donors (Lipinski definition) is 0. The predicted octanol–water partition coefficient (Wildman–Crippen LogP) is 6.34. The van der Waals surface area contributed by atoms with Gasteiger partial charge in [-0.3, -0.25) is 9.48 Å². The van der Waals surface area contributed by atoms with Crippen molar-refractivity contribution in [3.05, 3.63) is 95.1 Å². The van der Waals surface area contributed by atoms with Crippen molar-refractivity contribution in [2.75, 3.05) is 0 Å². The Morgan fingerprint density at radius 3 is 2.60 bits per heavy atom. The molecule has 0 N–H and O–H groups in total. The smallest absolute Gasteiger partial charge is 0.263 e. The second kappa shape index (κ2) is 9.37. The number of fused-ring (bicyclic) bond motifs is 1. The lowest BCUT2D eigenvalue weighted by atomic mass is 9.80. The summed E-state index contributed by atoms with van der Waals surface area (Å²) < 4.78 is 47.4. The highest BCUT2D eigenvalue weighted by Crippen LogP contribution is 2.36. The number of pyridine rings is 1. The van der Waals surface area contributed by atoms with Crippen LogP contribution in [0.5, 0.6) is 11.6 Å². The van der Waals surface area contributed by atoms with Gasteiger partial charge in [0, 0.05) is 36.5 Å². The van der Waals surface area contributed by atoms with Gasteiger partial charge in [0.2, 0.25) is 5.88 Å². The van der Waals surface area contributed by atoms with Crippen molar-refractivity contribution < 1.29 is 22.7 Å². The van der Waals surface area contributed by atoms with Gasteiger partial charge in [0.1, 0.15) is 0 Å². The van der Waals surface area contributed by atoms with Gasteiger partial charge in [0.15, 0.2) is 17.3 Å². The third kappa shape index (κ3) is 4.69. The highest BCUT2D eigenvalue weighted by Gasteiger charge is 2.31. The minimum Gasteiger partial charge on any atom is -0.435 e. The molecule has 1 atom stereocenters. The van der Waals surface area contributed by atoms with E-state index in [1.807, 2.05) is 43.6 Å². The number of carbonyl (C=O) groups is 1. The average molecular weight is 477 g/mol. The van der Waals surface area contributed by atoms with E-state index >= 15 is 0 Å². The van der Waals surface area contributed by atoms with E-state index < -0.39 is 17.8 Å². The molecule has 5 rings (SSSR count). The predicted molar refractivity (Wildman–Crippen MR) is 124 cm³/mol. The number of Topliss-reactive ketones (excluding diaryl/α,β-unsaturated/α-hetero) is 1. The monoisotopic (exact) mass is 477 g/mol. The Kier molecular flexibility index (Phi) is 6.11. The van der Waals surface area contributed by atoms with Crippen LogP contribution >= 0.6 is 0 Å². The Hall–Kier alpha value is -3.94. The summed E-state index contributed by atoms with van der Waals surface area (Å²) in [6, 6.07) is 14.6. The molecule has 0 amide bonds. The van der Waals surface area contributed by atoms with Crippen LogP contribution in [0.4, 0.5) is 13.2 Å². The average Bonchev–Trinajstić information content (AvgIpc) is 3.29. The number of aryl methyl sites for hydroxylation is 2. The van der Waals surface area contributed by atoms with E-state index in [2.05, 4.69) is 10.1 Å². The van der Waals surface area contributed by atoms with E-state index in [1.54, 1.807) is 10.7 Å². The molecule has 4 aromatic rings. The molecule has 2 aromatic carbocycles. The lowest BCUT2D eigenvalue weighted by Gasteiger charge is -2.24. The van der Waals surface area contributed by atoms with Gasteiger partial charge in [-0.05, 0) is 60.7 Å². The summed E-state index contributed by atoms with van der Waals surface area (Å²) in [6.07, 6.45) is 2.48. The fourth-order valence-corrected chi connectivity index (χ4v) is 4.39. The maximum absolute atomic E-state index is 14.4. The van der Waals surface area contributed by atoms with Gasteiger partial charge in [0.05, 0.1) is 11.3 Å². The Morgan fingerprint density at radius 1 is 1.11 bits per heavy atom. The largest absolute Gasteiger partial charge is 0.435 e. The van der Waals surface area contributed by atoms with Crippen LogP contribution in [-0.4, -0.2) is 20.5 Å². The normalized spacial score (nSPS) is 15.3. The maximum Gasteiger partial charge on any atom is 0.263 e. The summed E-state index contributed by atoms with van der Waals surface area (Å²) in [5, 5.41) is 4.40. The summed E-state index contributed by atoms with van der Waals surface area (Å²) in [6.45, 7) is 0. The van der Waals surface area contributed by atoms with E-state index in [4.69, 9.17) is 4.74 Å². The molecule has 5 nitrogen and oxygen atoms in total. The van der Waals surface area contributed by atoms with Gasteiger partial charge in [-0.2, -0.15) is 5.10 Å². The van der Waals surface area contributed by atoms with Crippen molar-refractivity contribution in [3.8, 4) is 22.9 Å². The zero-order valence-corrected chi connectivity index (χ0v) is 18.9. The van der Waals surface area contributed by atoms with Crippen LogP contribution in [0.25, 0.3) is 11.3 Å². The molecule has 0 bridgehead atoms. The highest BCUT2D eigenvalue weighted by atomic mass is 19.3. The molecule has 0 saturated carbocycles. The summed E-state index contributed by atoms with van der Waals surface area (Å²) in [4.78, 5) is 17.6. The number of ether oxygens (including phenoxy) is 1. The first-order valence-corrected chi connectivity index (χ1v) is 11.3. The SMILES string of the molecule is Cn1ccc(-c2ccc(CC3CCc4ccnc(Oc5ccc(C(F)F)cc5F)c4C3=O)cc2)n1. The Balaban J connectivity index is 1.36. The molecule has 35 heavy (non-hydrogen) atoms. The standard InChI is InChI=1S/C27H22F3N3O2/c1-33-13-11-22(32-33)17-4-2-16(3-5-17)14-19-7-6-18-10-12-31-27(24(18)25(19)34)35-23-9-8-20(26(29)30)15-21(23)28/h2-5,8-13,15,19,26H,6-7,14H2,1H3. The molecular formula is C27H22F3N3O2. The molecule has 8 heteroatoms. The van der Waals surface area contributed by atoms with Crippen LogP contribution in [0.1, 0.15) is 39.9 Å². The molecule has 1 aliphatic rings. The lowest BCUT2D eigenvalue weighted by molar-refractivity contribution is 0.0897. The topological polar surface area (TPSA) is 57.0 Å². The van der Waals surface area contributed by atoms with Crippen molar-refractivity contribution in [1.29, 1.82) is 0 Å². The Labute approximate surface area is 200 Å². The van der Waals surface area contributed by atoms with Gasteiger partial charge >= 0.3 is 0 Å². The maximum atomic E-state index is 14.4. The van der Waals surface area contributed by atoms with Crippen LogP contribution in [0, 0.1) is 11.7 Å². The number of benzene rings is 2. The number of ketones is 1. The van der Waals surface area contributed by atoms with Crippen LogP contribution in [0.15, 0.2) is 67.0 Å². The number of alkyl halides is 2. The van der Waals surface area contributed by atoms with E-state index in [0.717, 1.165) is 40.6 Å². The van der Waals surface area contributed by atoms with Crippen molar-refractivity contribution in [1.82, 2.24) is 14.8 Å². The second-order valence-corrected chi connectivity index (χ2v) is 8.62. The zero-order valence-electron chi connectivity index (χ0n) is 18.9. The third-order valence-electron chi connectivity index (χ3n) is 6.24. The number of halogens is 3. The fourth-order valence-electron chi connectivity index (χ4n) is 4.39. The molecule has 0 spiro atoms. The minimum atomic E-state index is -2.79. The number of carbonyl (C=O) groups excluding carboxylic acids is 1. The van der Waals surface area contributed by atoms with Gasteiger partial charge in [-0.25, -0.2) is 18.2 Å². The summed E-state index contributed by atoms with van der Waals surface area (Å²) >= 11 is 0. The van der Waals surface area contributed by atoms with E-state index in [-0.39, 0.29) is 23.3 Å². The first kappa shape index (κ1) is 22.8. The van der Waals surface area contributed by atoms with Gasteiger partial charge < -0.3 is 4.74 Å². The summed E-state index contributed by atoms with van der Waals surface area (Å²) in [5.41, 5.74) is 3.56. The second-order valence-electron chi connectivity index (χ2n) is 8.62. The van der Waals surface area contributed by atoms with Crippen molar-refractivity contribution in [2.45, 2.75) is 25.7 Å². The number of aromatic nitrogens is 3. The van der Waals surface area contributed by atoms with E-state index in [1.165, 1.54) is 6.20 Å². The Bertz CT molecular complexity index is 1380. The van der Waals surface area contributed by atoms with Gasteiger partial charge in [-0.15, -0.1) is 0 Å². The summed E-state index contributed by atoms with van der Waals surface area (Å²) in [7, 11) is 1.87. The van der Waals surface area contributed by atoms with Crippen LogP contribution in [-0.2, 0) is 19.9 Å². The van der Waals surface area contributed by atoms with E-state index in [9.17, 15) is 18.0 Å². The quantitative estimate of drug-likeness (QED) is 0.325. The number of nitrogens with zero attached hydrogens (tertiary/aromatic N) is 3. The molecule has 2 heterocycles. The van der Waals surface area contributed by atoms with Crippen LogP contribution in [0.3, 0.4) is 0 Å². The lowest BCUT2D eigenvalue weighted by Crippen LogP contribution is -2.25. The van der Waals surface area contributed by atoms with Crippen LogP contribution < -0.4 is 4.74 Å². The van der Waals surface area contributed by atoms with Crippen molar-refractivity contribution in [2.24, 2.45) is 13.0 Å². The number of hydrogen-bond acceptors (Lipinski definition) is 4. The van der Waals surface area contributed by atoms with E-state index in [0.29, 0.717) is 24.8 Å². The first-order valence-electron chi connectivity index (χ1n) is 11.3. The molecule has 0 aliphatic heterocycles. The zero-order chi connectivity index (χ0) is 24.5. The number of rotatable bonds is 6. The fraction of sp³-hybridized carbons (Fsp3) is 0.222. The summed E-state index contributed by atoms with van der Waals surface area (Å²) in [5.74, 6) is -1.59. The molecule has 1 unspecified atom stereocenters. The molecule has 0 fully saturated rings. The molecule has 2 aromatic heterocycles. The minimum absolute atomic E-state index is 0.00797. The van der Waals surface area contributed by atoms with Gasteiger partial charge in [-0.1, -0.05) is 24.3 Å². The third-order valence-corrected chi connectivity index (χ3v) is 6.24. The first-order chi connectivity index (χ1) is 16.9. The van der Waals surface area contributed by atoms with Crippen molar-refractivity contribution in [3.63, 3.8) is 0 Å². The van der Waals surface area contributed by atoms with Gasteiger partial charge in [0.25, 0.3) is 6.43 Å². The molecule has 1 aliphatic carbocycles. The molecular weight excluding hydrogens is 455 g/mol.